The first kappa shape index (κ1) is 14.0. The summed E-state index contributed by atoms with van der Waals surface area (Å²) in [7, 11) is 0. The topological polar surface area (TPSA) is 35.0 Å². The molecule has 1 aliphatic rings. The standard InChI is InChI=1S/C18H20N2O/c1-2-3-13-21-18(17-19-11-6-12-20-17)10-9-15-7-4-5-8-16(15)14-18/h4-12H,2-3,13-14H2,1H3. The van der Waals surface area contributed by atoms with Gasteiger partial charge in [-0.2, -0.15) is 0 Å². The van der Waals surface area contributed by atoms with Crippen molar-refractivity contribution in [1.29, 1.82) is 0 Å². The summed E-state index contributed by atoms with van der Waals surface area (Å²) in [4.78, 5) is 8.88. The quantitative estimate of drug-likeness (QED) is 0.782. The van der Waals surface area contributed by atoms with Crippen LogP contribution in [-0.4, -0.2) is 16.6 Å². The lowest BCUT2D eigenvalue weighted by atomic mass is 9.85. The van der Waals surface area contributed by atoms with Gasteiger partial charge in [-0.1, -0.05) is 43.7 Å². The summed E-state index contributed by atoms with van der Waals surface area (Å²) in [6.45, 7) is 2.89. The zero-order chi connectivity index (χ0) is 14.5. The van der Waals surface area contributed by atoms with E-state index in [9.17, 15) is 0 Å². The lowest BCUT2D eigenvalue weighted by molar-refractivity contribution is -0.0204. The van der Waals surface area contributed by atoms with Gasteiger partial charge in [0.25, 0.3) is 0 Å². The van der Waals surface area contributed by atoms with Crippen LogP contribution >= 0.6 is 0 Å². The lowest BCUT2D eigenvalue weighted by Gasteiger charge is -2.32. The Morgan fingerprint density at radius 2 is 1.95 bits per heavy atom. The van der Waals surface area contributed by atoms with Gasteiger partial charge in [-0.05, 0) is 29.7 Å². The Labute approximate surface area is 125 Å². The van der Waals surface area contributed by atoms with Crippen molar-refractivity contribution in [3.63, 3.8) is 0 Å². The molecule has 1 aromatic heterocycles. The summed E-state index contributed by atoms with van der Waals surface area (Å²) in [6, 6.07) is 10.3. The van der Waals surface area contributed by atoms with Gasteiger partial charge in [-0.25, -0.2) is 9.97 Å². The van der Waals surface area contributed by atoms with Gasteiger partial charge < -0.3 is 4.74 Å². The minimum atomic E-state index is -0.537. The van der Waals surface area contributed by atoms with Crippen molar-refractivity contribution in [2.75, 3.05) is 6.61 Å². The molecule has 1 unspecified atom stereocenters. The zero-order valence-corrected chi connectivity index (χ0v) is 12.3. The number of ether oxygens (including phenoxy) is 1. The van der Waals surface area contributed by atoms with E-state index in [2.05, 4.69) is 53.3 Å². The van der Waals surface area contributed by atoms with Crippen LogP contribution in [0.2, 0.25) is 0 Å². The van der Waals surface area contributed by atoms with Crippen molar-refractivity contribution in [2.24, 2.45) is 0 Å². The van der Waals surface area contributed by atoms with Crippen LogP contribution in [-0.2, 0) is 16.8 Å². The van der Waals surface area contributed by atoms with E-state index in [1.807, 2.05) is 6.07 Å². The Hall–Kier alpha value is -2.00. The summed E-state index contributed by atoms with van der Waals surface area (Å²) in [6.07, 6.45) is 10.7. The molecule has 0 saturated heterocycles. The van der Waals surface area contributed by atoms with E-state index >= 15 is 0 Å². The second-order valence-electron chi connectivity index (χ2n) is 5.37. The predicted molar refractivity (Wildman–Crippen MR) is 83.8 cm³/mol. The van der Waals surface area contributed by atoms with E-state index < -0.39 is 5.60 Å². The summed E-state index contributed by atoms with van der Waals surface area (Å²) in [5.74, 6) is 0.742. The predicted octanol–water partition coefficient (Wildman–Crippen LogP) is 3.76. The molecule has 0 N–H and O–H groups in total. The van der Waals surface area contributed by atoms with E-state index in [1.54, 1.807) is 12.4 Å². The molecule has 0 radical (unpaired) electrons. The summed E-state index contributed by atoms with van der Waals surface area (Å²) < 4.78 is 6.24. The van der Waals surface area contributed by atoms with E-state index in [0.29, 0.717) is 0 Å². The minimum Gasteiger partial charge on any atom is -0.362 e. The maximum Gasteiger partial charge on any atom is 0.164 e. The van der Waals surface area contributed by atoms with Gasteiger partial charge in [0.1, 0.15) is 5.60 Å². The highest BCUT2D eigenvalue weighted by atomic mass is 16.5. The zero-order valence-electron chi connectivity index (χ0n) is 12.3. The Bertz CT molecular complexity index is 624. The average Bonchev–Trinajstić information content (AvgIpc) is 2.56. The molecule has 3 nitrogen and oxygen atoms in total. The molecule has 0 fully saturated rings. The highest BCUT2D eigenvalue weighted by Gasteiger charge is 2.36. The van der Waals surface area contributed by atoms with E-state index in [-0.39, 0.29) is 0 Å². The van der Waals surface area contributed by atoms with Crippen LogP contribution in [0.3, 0.4) is 0 Å². The first-order valence-electron chi connectivity index (χ1n) is 7.53. The van der Waals surface area contributed by atoms with Crippen molar-refractivity contribution < 1.29 is 4.74 Å². The number of hydrogen-bond acceptors (Lipinski definition) is 3. The fraction of sp³-hybridized carbons (Fsp3) is 0.333. The molecule has 3 rings (SSSR count). The highest BCUT2D eigenvalue weighted by Crippen LogP contribution is 2.35. The molecule has 0 bridgehead atoms. The number of rotatable bonds is 5. The summed E-state index contributed by atoms with van der Waals surface area (Å²) >= 11 is 0. The Morgan fingerprint density at radius 1 is 1.14 bits per heavy atom. The molecule has 0 spiro atoms. The molecule has 1 heterocycles. The van der Waals surface area contributed by atoms with Crippen LogP contribution in [0.25, 0.3) is 6.08 Å². The number of unbranched alkanes of at least 4 members (excludes halogenated alkanes) is 1. The minimum absolute atomic E-state index is 0.537. The molecule has 3 heteroatoms. The van der Waals surface area contributed by atoms with Gasteiger partial charge in [0.2, 0.25) is 0 Å². The van der Waals surface area contributed by atoms with Crippen molar-refractivity contribution in [1.82, 2.24) is 9.97 Å². The Morgan fingerprint density at radius 3 is 2.76 bits per heavy atom. The van der Waals surface area contributed by atoms with Crippen LogP contribution in [0.15, 0.2) is 48.8 Å². The lowest BCUT2D eigenvalue weighted by Crippen LogP contribution is -2.34. The van der Waals surface area contributed by atoms with E-state index in [0.717, 1.165) is 31.7 Å². The number of nitrogens with zero attached hydrogens (tertiary/aromatic N) is 2. The largest absolute Gasteiger partial charge is 0.362 e. The summed E-state index contributed by atoms with van der Waals surface area (Å²) in [5, 5.41) is 0. The van der Waals surface area contributed by atoms with Gasteiger partial charge in [0.15, 0.2) is 5.82 Å². The van der Waals surface area contributed by atoms with Crippen LogP contribution in [0, 0.1) is 0 Å². The van der Waals surface area contributed by atoms with E-state index in [4.69, 9.17) is 4.74 Å². The fourth-order valence-corrected chi connectivity index (χ4v) is 2.66. The van der Waals surface area contributed by atoms with Gasteiger partial charge in [0.05, 0.1) is 0 Å². The van der Waals surface area contributed by atoms with Gasteiger partial charge >= 0.3 is 0 Å². The smallest absolute Gasteiger partial charge is 0.164 e. The van der Waals surface area contributed by atoms with Crippen molar-refractivity contribution >= 4 is 6.08 Å². The third-order valence-electron chi connectivity index (χ3n) is 3.84. The molecular formula is C18H20N2O. The average molecular weight is 280 g/mol. The third-order valence-corrected chi connectivity index (χ3v) is 3.84. The highest BCUT2D eigenvalue weighted by molar-refractivity contribution is 5.59. The Balaban J connectivity index is 1.95. The SMILES string of the molecule is CCCCOC1(c2ncccn2)C=Cc2ccccc2C1. The fourth-order valence-electron chi connectivity index (χ4n) is 2.66. The maximum absolute atomic E-state index is 6.24. The number of benzene rings is 1. The van der Waals surface area contributed by atoms with E-state index in [1.165, 1.54) is 11.1 Å². The summed E-state index contributed by atoms with van der Waals surface area (Å²) in [5.41, 5.74) is 2.00. The van der Waals surface area contributed by atoms with Gasteiger partial charge in [-0.3, -0.25) is 0 Å². The van der Waals surface area contributed by atoms with Gasteiger partial charge in [0, 0.05) is 25.4 Å². The van der Waals surface area contributed by atoms with Crippen LogP contribution in [0.4, 0.5) is 0 Å². The molecule has 1 aromatic carbocycles. The third kappa shape index (κ3) is 2.88. The van der Waals surface area contributed by atoms with Crippen molar-refractivity contribution in [3.05, 3.63) is 65.8 Å². The molecule has 1 atom stereocenters. The molecule has 108 valence electrons. The molecule has 0 aliphatic heterocycles. The van der Waals surface area contributed by atoms with Crippen LogP contribution in [0.1, 0.15) is 36.7 Å². The molecule has 2 aromatic rings. The first-order valence-corrected chi connectivity index (χ1v) is 7.53. The first-order chi connectivity index (χ1) is 10.3. The van der Waals surface area contributed by atoms with Crippen molar-refractivity contribution in [3.8, 4) is 0 Å². The molecule has 0 amide bonds. The van der Waals surface area contributed by atoms with Gasteiger partial charge in [-0.15, -0.1) is 0 Å². The molecular weight excluding hydrogens is 260 g/mol. The second-order valence-corrected chi connectivity index (χ2v) is 5.37. The number of hydrogen-bond donors (Lipinski definition) is 0. The molecule has 21 heavy (non-hydrogen) atoms. The number of aromatic nitrogens is 2. The van der Waals surface area contributed by atoms with Crippen molar-refractivity contribution in [2.45, 2.75) is 31.8 Å². The normalized spacial score (nSPS) is 20.2. The van der Waals surface area contributed by atoms with Crippen LogP contribution in [0.5, 0.6) is 0 Å². The monoisotopic (exact) mass is 280 g/mol. The second kappa shape index (κ2) is 6.19. The Kier molecular flexibility index (Phi) is 4.11. The van der Waals surface area contributed by atoms with Crippen LogP contribution < -0.4 is 0 Å². The molecule has 0 saturated carbocycles. The maximum atomic E-state index is 6.24. The number of fused-ring (bicyclic) bond motifs is 1. The molecule has 1 aliphatic carbocycles.